The van der Waals surface area contributed by atoms with Crippen molar-refractivity contribution in [3.05, 3.63) is 28.2 Å². The van der Waals surface area contributed by atoms with Crippen LogP contribution >= 0.6 is 15.9 Å². The van der Waals surface area contributed by atoms with Crippen molar-refractivity contribution in [2.24, 2.45) is 0 Å². The summed E-state index contributed by atoms with van der Waals surface area (Å²) in [4.78, 5) is 11.7. The summed E-state index contributed by atoms with van der Waals surface area (Å²) in [7, 11) is 0. The van der Waals surface area contributed by atoms with Crippen molar-refractivity contribution in [3.8, 4) is 0 Å². The number of nitrogens with two attached hydrogens (primary N) is 1. The molecule has 82 valence electrons. The van der Waals surface area contributed by atoms with E-state index in [2.05, 4.69) is 15.9 Å². The summed E-state index contributed by atoms with van der Waals surface area (Å²) < 4.78 is 6.02. The maximum atomic E-state index is 11.7. The number of nitrogen functional groups attached to an aromatic ring is 1. The third-order valence-corrected chi connectivity index (χ3v) is 2.39. The predicted octanol–water partition coefficient (Wildman–Crippen LogP) is 2.64. The standard InChI is InChI=1S/C11H14BrNO2/c1-2-5-15-7-11(14)9-6-8(12)3-4-10(9)13/h3-4,6H,2,5,7,13H2,1H3. The van der Waals surface area contributed by atoms with Crippen LogP contribution in [0.25, 0.3) is 0 Å². The van der Waals surface area contributed by atoms with E-state index in [1.54, 1.807) is 18.2 Å². The van der Waals surface area contributed by atoms with Crippen molar-refractivity contribution in [2.75, 3.05) is 18.9 Å². The molecule has 0 fully saturated rings. The van der Waals surface area contributed by atoms with E-state index in [4.69, 9.17) is 10.5 Å². The Morgan fingerprint density at radius 3 is 2.93 bits per heavy atom. The van der Waals surface area contributed by atoms with Gasteiger partial charge in [-0.25, -0.2) is 0 Å². The molecule has 3 nitrogen and oxygen atoms in total. The van der Waals surface area contributed by atoms with E-state index < -0.39 is 0 Å². The van der Waals surface area contributed by atoms with Crippen LogP contribution in [0.4, 0.5) is 5.69 Å². The van der Waals surface area contributed by atoms with Crippen LogP contribution in [0.5, 0.6) is 0 Å². The van der Waals surface area contributed by atoms with E-state index >= 15 is 0 Å². The lowest BCUT2D eigenvalue weighted by Gasteiger charge is -2.05. The molecule has 4 heteroatoms. The minimum atomic E-state index is -0.0812. The summed E-state index contributed by atoms with van der Waals surface area (Å²) in [6, 6.07) is 5.23. The molecule has 0 spiro atoms. The van der Waals surface area contributed by atoms with Gasteiger partial charge in [-0.15, -0.1) is 0 Å². The first-order chi connectivity index (χ1) is 7.15. The van der Waals surface area contributed by atoms with Crippen LogP contribution in [0.2, 0.25) is 0 Å². The largest absolute Gasteiger partial charge is 0.398 e. The number of hydrogen-bond acceptors (Lipinski definition) is 3. The van der Waals surface area contributed by atoms with Gasteiger partial charge in [-0.2, -0.15) is 0 Å². The zero-order valence-electron chi connectivity index (χ0n) is 8.63. The van der Waals surface area contributed by atoms with Gasteiger partial charge in [0, 0.05) is 22.3 Å². The number of anilines is 1. The summed E-state index contributed by atoms with van der Waals surface area (Å²) in [5.74, 6) is -0.0812. The van der Waals surface area contributed by atoms with Gasteiger partial charge in [-0.3, -0.25) is 4.79 Å². The van der Waals surface area contributed by atoms with E-state index in [-0.39, 0.29) is 12.4 Å². The van der Waals surface area contributed by atoms with Crippen molar-refractivity contribution in [1.29, 1.82) is 0 Å². The van der Waals surface area contributed by atoms with Crippen LogP contribution in [0, 0.1) is 0 Å². The number of rotatable bonds is 5. The SMILES string of the molecule is CCCOCC(=O)c1cc(Br)ccc1N. The fraction of sp³-hybridized carbons (Fsp3) is 0.364. The molecule has 0 radical (unpaired) electrons. The number of hydrogen-bond donors (Lipinski definition) is 1. The lowest BCUT2D eigenvalue weighted by Crippen LogP contribution is -2.11. The van der Waals surface area contributed by atoms with Crippen molar-refractivity contribution >= 4 is 27.4 Å². The number of ether oxygens (including phenoxy) is 1. The van der Waals surface area contributed by atoms with E-state index in [0.717, 1.165) is 10.9 Å². The van der Waals surface area contributed by atoms with Gasteiger partial charge >= 0.3 is 0 Å². The molecular weight excluding hydrogens is 258 g/mol. The fourth-order valence-corrected chi connectivity index (χ4v) is 1.52. The molecule has 2 N–H and O–H groups in total. The van der Waals surface area contributed by atoms with Crippen LogP contribution in [-0.2, 0) is 4.74 Å². The molecule has 0 bridgehead atoms. The van der Waals surface area contributed by atoms with Crippen molar-refractivity contribution in [3.63, 3.8) is 0 Å². The Hall–Kier alpha value is -0.870. The number of carbonyl (C=O) groups is 1. The fourth-order valence-electron chi connectivity index (χ4n) is 1.16. The quantitative estimate of drug-likeness (QED) is 0.509. The highest BCUT2D eigenvalue weighted by Gasteiger charge is 2.09. The molecule has 0 aliphatic heterocycles. The summed E-state index contributed by atoms with van der Waals surface area (Å²) in [5, 5.41) is 0. The second-order valence-corrected chi connectivity index (χ2v) is 4.12. The van der Waals surface area contributed by atoms with Gasteiger partial charge in [-0.05, 0) is 24.6 Å². The van der Waals surface area contributed by atoms with Crippen molar-refractivity contribution in [2.45, 2.75) is 13.3 Å². The molecule has 0 aliphatic carbocycles. The van der Waals surface area contributed by atoms with Gasteiger partial charge in [0.15, 0.2) is 5.78 Å². The molecule has 0 atom stereocenters. The maximum Gasteiger partial charge on any atom is 0.190 e. The normalized spacial score (nSPS) is 10.3. The van der Waals surface area contributed by atoms with Crippen molar-refractivity contribution < 1.29 is 9.53 Å². The van der Waals surface area contributed by atoms with Crippen molar-refractivity contribution in [1.82, 2.24) is 0 Å². The van der Waals surface area contributed by atoms with Gasteiger partial charge in [0.25, 0.3) is 0 Å². The maximum absolute atomic E-state index is 11.7. The Morgan fingerprint density at radius 2 is 2.27 bits per heavy atom. The minimum Gasteiger partial charge on any atom is -0.398 e. The lowest BCUT2D eigenvalue weighted by atomic mass is 10.1. The first-order valence-electron chi connectivity index (χ1n) is 4.81. The molecule has 1 aromatic carbocycles. The van der Waals surface area contributed by atoms with E-state index in [9.17, 15) is 4.79 Å². The first-order valence-corrected chi connectivity index (χ1v) is 5.60. The number of ketones is 1. The minimum absolute atomic E-state index is 0.0812. The van der Waals surface area contributed by atoms with Gasteiger partial charge in [0.05, 0.1) is 0 Å². The average molecular weight is 272 g/mol. The molecule has 0 amide bonds. The Kier molecular flexibility index (Phi) is 4.78. The van der Waals surface area contributed by atoms with E-state index in [1.807, 2.05) is 6.92 Å². The number of Topliss-reactive ketones (excluding diaryl/α,β-unsaturated/α-hetero) is 1. The zero-order valence-corrected chi connectivity index (χ0v) is 10.2. The Morgan fingerprint density at radius 1 is 1.53 bits per heavy atom. The average Bonchev–Trinajstić information content (AvgIpc) is 2.22. The van der Waals surface area contributed by atoms with E-state index in [0.29, 0.717) is 17.9 Å². The molecule has 1 aromatic rings. The van der Waals surface area contributed by atoms with Crippen LogP contribution < -0.4 is 5.73 Å². The number of benzene rings is 1. The highest BCUT2D eigenvalue weighted by Crippen LogP contribution is 2.18. The van der Waals surface area contributed by atoms with Gasteiger partial charge < -0.3 is 10.5 Å². The second-order valence-electron chi connectivity index (χ2n) is 3.21. The summed E-state index contributed by atoms with van der Waals surface area (Å²) >= 11 is 3.30. The topological polar surface area (TPSA) is 52.3 Å². The van der Waals surface area contributed by atoms with Crippen LogP contribution in [0.15, 0.2) is 22.7 Å². The molecule has 0 saturated heterocycles. The van der Waals surface area contributed by atoms with Crippen LogP contribution in [0.1, 0.15) is 23.7 Å². The lowest BCUT2D eigenvalue weighted by molar-refractivity contribution is 0.0762. The summed E-state index contributed by atoms with van der Waals surface area (Å²) in [6.07, 6.45) is 0.904. The van der Waals surface area contributed by atoms with Gasteiger partial charge in [0.1, 0.15) is 6.61 Å². The third-order valence-electron chi connectivity index (χ3n) is 1.90. The van der Waals surface area contributed by atoms with E-state index in [1.165, 1.54) is 0 Å². The molecule has 0 unspecified atom stereocenters. The molecule has 0 aromatic heterocycles. The number of carbonyl (C=O) groups excluding carboxylic acids is 1. The van der Waals surface area contributed by atoms with Gasteiger partial charge in [0.2, 0.25) is 0 Å². The Balaban J connectivity index is 2.68. The molecule has 15 heavy (non-hydrogen) atoms. The van der Waals surface area contributed by atoms with Gasteiger partial charge in [-0.1, -0.05) is 22.9 Å². The molecule has 0 heterocycles. The smallest absolute Gasteiger partial charge is 0.190 e. The molecule has 1 rings (SSSR count). The highest BCUT2D eigenvalue weighted by molar-refractivity contribution is 9.10. The van der Waals surface area contributed by atoms with Crippen LogP contribution in [-0.4, -0.2) is 19.0 Å². The Labute approximate surface area is 97.7 Å². The molecular formula is C11H14BrNO2. The molecule has 0 aliphatic rings. The monoisotopic (exact) mass is 271 g/mol. The summed E-state index contributed by atoms with van der Waals surface area (Å²) in [5.41, 5.74) is 6.70. The highest BCUT2D eigenvalue weighted by atomic mass is 79.9. The van der Waals surface area contributed by atoms with Crippen LogP contribution in [0.3, 0.4) is 0 Å². The summed E-state index contributed by atoms with van der Waals surface area (Å²) in [6.45, 7) is 2.69. The molecule has 0 saturated carbocycles. The zero-order chi connectivity index (χ0) is 11.3. The third kappa shape index (κ3) is 3.64. The second kappa shape index (κ2) is 5.88. The number of halogens is 1. The first kappa shape index (κ1) is 12.2. The predicted molar refractivity (Wildman–Crippen MR) is 64.0 cm³/mol. The Bertz CT molecular complexity index is 352.